The molecular weight excluding hydrogens is 276 g/mol. The van der Waals surface area contributed by atoms with E-state index in [9.17, 15) is 9.59 Å². The summed E-state index contributed by atoms with van der Waals surface area (Å²) in [7, 11) is 0. The molecule has 0 atom stereocenters. The molecule has 0 aliphatic rings. The van der Waals surface area contributed by atoms with Crippen LogP contribution in [0.25, 0.3) is 0 Å². The molecule has 4 heteroatoms. The van der Waals surface area contributed by atoms with Crippen LogP contribution in [0.4, 0.5) is 0 Å². The number of rotatable bonds is 4. The minimum Gasteiger partial charge on any atom is -0.423 e. The second kappa shape index (κ2) is 6.35. The molecular formula is C16H13ClO3. The van der Waals surface area contributed by atoms with Crippen molar-refractivity contribution in [3.63, 3.8) is 0 Å². The summed E-state index contributed by atoms with van der Waals surface area (Å²) in [5.41, 5.74) is 0.987. The predicted molar refractivity (Wildman–Crippen MR) is 77.5 cm³/mol. The van der Waals surface area contributed by atoms with Crippen LogP contribution in [0.3, 0.4) is 0 Å². The number of ether oxygens (including phenoxy) is 1. The number of halogens is 1. The lowest BCUT2D eigenvalue weighted by molar-refractivity contribution is 0.0734. The second-order valence-corrected chi connectivity index (χ2v) is 4.64. The SMILES string of the molecule is CCC(=O)c1ccc(OC(=O)c2cccc(Cl)c2)cc1. The monoisotopic (exact) mass is 288 g/mol. The topological polar surface area (TPSA) is 43.4 Å². The van der Waals surface area contributed by atoms with Gasteiger partial charge in [-0.05, 0) is 42.5 Å². The van der Waals surface area contributed by atoms with Crippen molar-refractivity contribution in [3.8, 4) is 5.75 Å². The average molecular weight is 289 g/mol. The van der Waals surface area contributed by atoms with Crippen molar-refractivity contribution in [3.05, 3.63) is 64.7 Å². The summed E-state index contributed by atoms with van der Waals surface area (Å²) in [5, 5.41) is 0.475. The maximum Gasteiger partial charge on any atom is 0.343 e. The van der Waals surface area contributed by atoms with Gasteiger partial charge < -0.3 is 4.74 Å². The molecule has 0 bridgehead atoms. The van der Waals surface area contributed by atoms with E-state index in [1.54, 1.807) is 55.5 Å². The molecule has 0 aliphatic carbocycles. The van der Waals surface area contributed by atoms with E-state index in [1.807, 2.05) is 0 Å². The second-order valence-electron chi connectivity index (χ2n) is 4.20. The fraction of sp³-hybridized carbons (Fsp3) is 0.125. The molecule has 0 saturated heterocycles. The highest BCUT2D eigenvalue weighted by atomic mass is 35.5. The van der Waals surface area contributed by atoms with E-state index >= 15 is 0 Å². The molecule has 2 aromatic carbocycles. The molecule has 0 heterocycles. The van der Waals surface area contributed by atoms with Crippen LogP contribution >= 0.6 is 11.6 Å². The Bertz CT molecular complexity index is 632. The number of esters is 1. The zero-order chi connectivity index (χ0) is 14.5. The average Bonchev–Trinajstić information content (AvgIpc) is 2.47. The van der Waals surface area contributed by atoms with Gasteiger partial charge in [0.2, 0.25) is 0 Å². The van der Waals surface area contributed by atoms with Gasteiger partial charge >= 0.3 is 5.97 Å². The zero-order valence-electron chi connectivity index (χ0n) is 10.9. The van der Waals surface area contributed by atoms with Crippen LogP contribution in [0.15, 0.2) is 48.5 Å². The minimum absolute atomic E-state index is 0.0534. The van der Waals surface area contributed by atoms with Gasteiger partial charge in [0, 0.05) is 17.0 Å². The lowest BCUT2D eigenvalue weighted by Crippen LogP contribution is -2.08. The number of carbonyl (C=O) groups is 2. The first-order valence-electron chi connectivity index (χ1n) is 6.21. The summed E-state index contributed by atoms with van der Waals surface area (Å²) < 4.78 is 5.21. The molecule has 0 spiro atoms. The highest BCUT2D eigenvalue weighted by Crippen LogP contribution is 2.17. The summed E-state index contributed by atoms with van der Waals surface area (Å²) in [6, 6.07) is 13.0. The third kappa shape index (κ3) is 3.45. The third-order valence-corrected chi connectivity index (χ3v) is 3.00. The first kappa shape index (κ1) is 14.3. The van der Waals surface area contributed by atoms with E-state index in [-0.39, 0.29) is 5.78 Å². The molecule has 0 radical (unpaired) electrons. The van der Waals surface area contributed by atoms with Gasteiger partial charge in [-0.3, -0.25) is 4.79 Å². The Morgan fingerprint density at radius 2 is 1.75 bits per heavy atom. The Morgan fingerprint density at radius 3 is 2.35 bits per heavy atom. The van der Waals surface area contributed by atoms with Crippen LogP contribution in [0, 0.1) is 0 Å². The van der Waals surface area contributed by atoms with Crippen LogP contribution in [-0.2, 0) is 0 Å². The number of benzene rings is 2. The number of carbonyl (C=O) groups excluding carboxylic acids is 2. The molecule has 0 N–H and O–H groups in total. The highest BCUT2D eigenvalue weighted by molar-refractivity contribution is 6.30. The Balaban J connectivity index is 2.10. The van der Waals surface area contributed by atoms with Gasteiger partial charge in [0.05, 0.1) is 5.56 Å². The van der Waals surface area contributed by atoms with Gasteiger partial charge in [-0.1, -0.05) is 24.6 Å². The summed E-state index contributed by atoms with van der Waals surface area (Å²) in [4.78, 5) is 23.4. The standard InChI is InChI=1S/C16H13ClO3/c1-2-15(18)11-6-8-14(9-7-11)20-16(19)12-4-3-5-13(17)10-12/h3-10H,2H2,1H3. The quantitative estimate of drug-likeness (QED) is 0.482. The maximum atomic E-state index is 11.9. The molecule has 0 aliphatic heterocycles. The molecule has 2 aromatic rings. The Labute approximate surface area is 122 Å². The number of hydrogen-bond donors (Lipinski definition) is 0. The number of Topliss-reactive ketones (excluding diaryl/α,β-unsaturated/α-hetero) is 1. The largest absolute Gasteiger partial charge is 0.423 e. The van der Waals surface area contributed by atoms with E-state index in [0.29, 0.717) is 28.3 Å². The lowest BCUT2D eigenvalue weighted by atomic mass is 10.1. The van der Waals surface area contributed by atoms with Crippen molar-refractivity contribution in [1.82, 2.24) is 0 Å². The maximum absolute atomic E-state index is 11.9. The molecule has 0 fully saturated rings. The smallest absolute Gasteiger partial charge is 0.343 e. The van der Waals surface area contributed by atoms with Crippen LogP contribution in [0.5, 0.6) is 5.75 Å². The van der Waals surface area contributed by atoms with E-state index in [1.165, 1.54) is 0 Å². The van der Waals surface area contributed by atoms with Crippen molar-refractivity contribution in [2.45, 2.75) is 13.3 Å². The summed E-state index contributed by atoms with van der Waals surface area (Å²) in [5.74, 6) is -0.0394. The van der Waals surface area contributed by atoms with Gasteiger partial charge in [-0.2, -0.15) is 0 Å². The van der Waals surface area contributed by atoms with Crippen molar-refractivity contribution >= 4 is 23.4 Å². The lowest BCUT2D eigenvalue weighted by Gasteiger charge is -2.05. The molecule has 3 nitrogen and oxygen atoms in total. The van der Waals surface area contributed by atoms with Gasteiger partial charge in [-0.25, -0.2) is 4.79 Å². The first-order chi connectivity index (χ1) is 9.60. The number of ketones is 1. The molecule has 0 saturated carbocycles. The third-order valence-electron chi connectivity index (χ3n) is 2.77. The van der Waals surface area contributed by atoms with E-state index in [2.05, 4.69) is 0 Å². The molecule has 20 heavy (non-hydrogen) atoms. The predicted octanol–water partition coefficient (Wildman–Crippen LogP) is 4.15. The Morgan fingerprint density at radius 1 is 1.05 bits per heavy atom. The van der Waals surface area contributed by atoms with Crippen molar-refractivity contribution in [2.75, 3.05) is 0 Å². The zero-order valence-corrected chi connectivity index (χ0v) is 11.7. The van der Waals surface area contributed by atoms with Gasteiger partial charge in [0.15, 0.2) is 5.78 Å². The van der Waals surface area contributed by atoms with Crippen molar-refractivity contribution in [2.24, 2.45) is 0 Å². The van der Waals surface area contributed by atoms with E-state index in [0.717, 1.165) is 0 Å². The minimum atomic E-state index is -0.484. The molecule has 0 aromatic heterocycles. The van der Waals surface area contributed by atoms with E-state index in [4.69, 9.17) is 16.3 Å². The van der Waals surface area contributed by atoms with E-state index < -0.39 is 5.97 Å². The van der Waals surface area contributed by atoms with Crippen molar-refractivity contribution in [1.29, 1.82) is 0 Å². The Hall–Kier alpha value is -2.13. The molecule has 0 amide bonds. The first-order valence-corrected chi connectivity index (χ1v) is 6.59. The fourth-order valence-corrected chi connectivity index (χ4v) is 1.88. The van der Waals surface area contributed by atoms with Crippen LogP contribution < -0.4 is 4.74 Å². The molecule has 2 rings (SSSR count). The van der Waals surface area contributed by atoms with Gasteiger partial charge in [0.1, 0.15) is 5.75 Å². The molecule has 102 valence electrons. The summed E-state index contributed by atoms with van der Waals surface area (Å²) >= 11 is 5.82. The molecule has 0 unspecified atom stereocenters. The van der Waals surface area contributed by atoms with Crippen LogP contribution in [0.2, 0.25) is 5.02 Å². The summed E-state index contributed by atoms with van der Waals surface area (Å²) in [6.07, 6.45) is 0.446. The van der Waals surface area contributed by atoms with Crippen LogP contribution in [-0.4, -0.2) is 11.8 Å². The van der Waals surface area contributed by atoms with Gasteiger partial charge in [-0.15, -0.1) is 0 Å². The van der Waals surface area contributed by atoms with Gasteiger partial charge in [0.25, 0.3) is 0 Å². The number of hydrogen-bond acceptors (Lipinski definition) is 3. The van der Waals surface area contributed by atoms with Crippen LogP contribution in [0.1, 0.15) is 34.1 Å². The highest BCUT2D eigenvalue weighted by Gasteiger charge is 2.09. The summed E-state index contributed by atoms with van der Waals surface area (Å²) in [6.45, 7) is 1.80. The fourth-order valence-electron chi connectivity index (χ4n) is 1.69. The normalized spacial score (nSPS) is 10.1. The Kier molecular flexibility index (Phi) is 4.53. The van der Waals surface area contributed by atoms with Crippen molar-refractivity contribution < 1.29 is 14.3 Å².